The third kappa shape index (κ3) is 5.99. The van der Waals surface area contributed by atoms with Gasteiger partial charge in [-0.05, 0) is 43.0 Å². The normalized spacial score (nSPS) is 11.5. The Morgan fingerprint density at radius 2 is 1.53 bits per heavy atom. The summed E-state index contributed by atoms with van der Waals surface area (Å²) in [7, 11) is 0. The number of hydrogen-bond donors (Lipinski definition) is 1. The standard InChI is InChI=1S/C29H28N2O5/c1-4-34-26(32)18-21-10-12-23(13-11-21)24-14-16-25(17-15-24)28-27(19(2)31-36-28)30-29(33)35-20(3)22-8-6-5-7-9-22/h5-17,20H,4,18H2,1-3H3,(H,30,33)/t20-/m0/s1. The molecule has 36 heavy (non-hydrogen) atoms. The van der Waals surface area contributed by atoms with E-state index in [1.165, 1.54) is 0 Å². The van der Waals surface area contributed by atoms with Crippen LogP contribution in [0.5, 0.6) is 0 Å². The summed E-state index contributed by atoms with van der Waals surface area (Å²) in [5.41, 5.74) is 5.61. The largest absolute Gasteiger partial charge is 0.466 e. The molecule has 0 aliphatic rings. The van der Waals surface area contributed by atoms with E-state index in [1.54, 1.807) is 13.8 Å². The highest BCUT2D eigenvalue weighted by molar-refractivity contribution is 5.91. The molecule has 1 heterocycles. The zero-order valence-corrected chi connectivity index (χ0v) is 20.5. The lowest BCUT2D eigenvalue weighted by Gasteiger charge is -2.14. The van der Waals surface area contributed by atoms with E-state index in [2.05, 4.69) is 10.5 Å². The predicted molar refractivity (Wildman–Crippen MR) is 137 cm³/mol. The third-order valence-corrected chi connectivity index (χ3v) is 5.73. The molecule has 1 N–H and O–H groups in total. The van der Waals surface area contributed by atoms with Crippen molar-refractivity contribution in [1.82, 2.24) is 5.16 Å². The number of carbonyl (C=O) groups is 2. The fraction of sp³-hybridized carbons (Fsp3) is 0.207. The van der Waals surface area contributed by atoms with Crippen molar-refractivity contribution < 1.29 is 23.6 Å². The first kappa shape index (κ1) is 24.7. The van der Waals surface area contributed by atoms with Gasteiger partial charge in [-0.15, -0.1) is 0 Å². The van der Waals surface area contributed by atoms with E-state index >= 15 is 0 Å². The van der Waals surface area contributed by atoms with E-state index < -0.39 is 12.2 Å². The zero-order valence-electron chi connectivity index (χ0n) is 20.5. The second kappa shape index (κ2) is 11.4. The highest BCUT2D eigenvalue weighted by atomic mass is 16.6. The second-order valence-electron chi connectivity index (χ2n) is 8.31. The van der Waals surface area contributed by atoms with Crippen LogP contribution >= 0.6 is 0 Å². The van der Waals surface area contributed by atoms with E-state index in [-0.39, 0.29) is 12.4 Å². The molecule has 0 bridgehead atoms. The summed E-state index contributed by atoms with van der Waals surface area (Å²) in [5.74, 6) is 0.216. The van der Waals surface area contributed by atoms with E-state index in [1.807, 2.05) is 85.8 Å². The summed E-state index contributed by atoms with van der Waals surface area (Å²) in [6.45, 7) is 5.75. The van der Waals surface area contributed by atoms with Crippen molar-refractivity contribution in [2.75, 3.05) is 11.9 Å². The van der Waals surface area contributed by atoms with Crippen LogP contribution in [0.2, 0.25) is 0 Å². The van der Waals surface area contributed by atoms with Crippen LogP contribution in [0.25, 0.3) is 22.5 Å². The summed E-state index contributed by atoms with van der Waals surface area (Å²) < 4.78 is 16.1. The summed E-state index contributed by atoms with van der Waals surface area (Å²) in [6.07, 6.45) is -0.739. The number of nitrogens with zero attached hydrogens (tertiary/aromatic N) is 1. The molecule has 7 nitrogen and oxygen atoms in total. The van der Waals surface area contributed by atoms with Gasteiger partial charge in [-0.1, -0.05) is 84.0 Å². The third-order valence-electron chi connectivity index (χ3n) is 5.73. The number of esters is 1. The Kier molecular flexibility index (Phi) is 7.80. The Balaban J connectivity index is 1.45. The minimum Gasteiger partial charge on any atom is -0.466 e. The van der Waals surface area contributed by atoms with E-state index in [0.717, 1.165) is 27.8 Å². The molecule has 4 aromatic rings. The number of aromatic nitrogens is 1. The molecule has 0 saturated heterocycles. The minimum atomic E-state index is -0.585. The van der Waals surface area contributed by atoms with Crippen LogP contribution in [0.4, 0.5) is 10.5 Å². The van der Waals surface area contributed by atoms with Gasteiger partial charge in [-0.25, -0.2) is 4.79 Å². The summed E-state index contributed by atoms with van der Waals surface area (Å²) in [4.78, 5) is 24.3. The highest BCUT2D eigenvalue weighted by Gasteiger charge is 2.20. The molecule has 0 spiro atoms. The van der Waals surface area contributed by atoms with E-state index in [0.29, 0.717) is 23.7 Å². The van der Waals surface area contributed by atoms with Crippen molar-refractivity contribution in [3.05, 3.63) is 95.7 Å². The molecule has 0 aliphatic carbocycles. The molecule has 0 fully saturated rings. The van der Waals surface area contributed by atoms with Crippen molar-refractivity contribution in [3.8, 4) is 22.5 Å². The lowest BCUT2D eigenvalue weighted by Crippen LogP contribution is -2.16. The first-order valence-electron chi connectivity index (χ1n) is 11.8. The zero-order chi connectivity index (χ0) is 25.5. The van der Waals surface area contributed by atoms with Crippen LogP contribution in [0.3, 0.4) is 0 Å². The molecule has 1 amide bonds. The van der Waals surface area contributed by atoms with Crippen molar-refractivity contribution in [2.45, 2.75) is 33.3 Å². The maximum atomic E-state index is 12.6. The Bertz CT molecular complexity index is 1310. The number of anilines is 1. The molecule has 0 radical (unpaired) electrons. The molecule has 1 aromatic heterocycles. The smallest absolute Gasteiger partial charge is 0.412 e. The maximum absolute atomic E-state index is 12.6. The van der Waals surface area contributed by atoms with Crippen molar-refractivity contribution >= 4 is 17.7 Å². The Morgan fingerprint density at radius 1 is 0.917 bits per heavy atom. The molecular weight excluding hydrogens is 456 g/mol. The number of nitrogens with one attached hydrogen (secondary N) is 1. The minimum absolute atomic E-state index is 0.236. The van der Waals surface area contributed by atoms with Crippen molar-refractivity contribution in [2.24, 2.45) is 0 Å². The summed E-state index contributed by atoms with van der Waals surface area (Å²) in [5, 5.41) is 6.81. The molecule has 0 unspecified atom stereocenters. The maximum Gasteiger partial charge on any atom is 0.412 e. The average Bonchev–Trinajstić information content (AvgIpc) is 3.25. The first-order chi connectivity index (χ1) is 17.4. The highest BCUT2D eigenvalue weighted by Crippen LogP contribution is 2.33. The number of amides is 1. The number of hydrogen-bond acceptors (Lipinski definition) is 6. The predicted octanol–water partition coefficient (Wildman–Crippen LogP) is 6.73. The molecule has 7 heteroatoms. The van der Waals surface area contributed by atoms with Gasteiger partial charge in [0.1, 0.15) is 17.5 Å². The molecule has 184 valence electrons. The van der Waals surface area contributed by atoms with Gasteiger partial charge >= 0.3 is 12.1 Å². The lowest BCUT2D eigenvalue weighted by molar-refractivity contribution is -0.142. The molecular formula is C29H28N2O5. The molecule has 0 aliphatic heterocycles. The van der Waals surface area contributed by atoms with Crippen molar-refractivity contribution in [3.63, 3.8) is 0 Å². The Hall–Kier alpha value is -4.39. The van der Waals surface area contributed by atoms with E-state index in [9.17, 15) is 9.59 Å². The fourth-order valence-corrected chi connectivity index (χ4v) is 3.81. The van der Waals surface area contributed by atoms with Gasteiger partial charge in [-0.3, -0.25) is 10.1 Å². The molecule has 4 rings (SSSR count). The quantitative estimate of drug-likeness (QED) is 0.279. The van der Waals surface area contributed by atoms with Crippen LogP contribution in [0, 0.1) is 6.92 Å². The SMILES string of the molecule is CCOC(=O)Cc1ccc(-c2ccc(-c3onc(C)c3NC(=O)O[C@@H](C)c3ccccc3)cc2)cc1. The van der Waals surface area contributed by atoms with Crippen LogP contribution in [0.15, 0.2) is 83.4 Å². The number of carbonyl (C=O) groups excluding carboxylic acids is 2. The van der Waals surface area contributed by atoms with Crippen LogP contribution in [0.1, 0.15) is 36.8 Å². The van der Waals surface area contributed by atoms with Crippen LogP contribution in [-0.2, 0) is 20.7 Å². The number of ether oxygens (including phenoxy) is 2. The molecule has 3 aromatic carbocycles. The second-order valence-corrected chi connectivity index (χ2v) is 8.31. The number of rotatable bonds is 8. The lowest BCUT2D eigenvalue weighted by atomic mass is 10.0. The fourth-order valence-electron chi connectivity index (χ4n) is 3.81. The topological polar surface area (TPSA) is 90.7 Å². The average molecular weight is 485 g/mol. The van der Waals surface area contributed by atoms with E-state index in [4.69, 9.17) is 14.0 Å². The van der Waals surface area contributed by atoms with Gasteiger partial charge in [0, 0.05) is 5.56 Å². The van der Waals surface area contributed by atoms with Gasteiger partial charge < -0.3 is 14.0 Å². The van der Waals surface area contributed by atoms with Gasteiger partial charge in [0.25, 0.3) is 0 Å². The molecule has 1 atom stereocenters. The summed E-state index contributed by atoms with van der Waals surface area (Å²) >= 11 is 0. The monoisotopic (exact) mass is 484 g/mol. The number of benzene rings is 3. The van der Waals surface area contributed by atoms with Crippen LogP contribution < -0.4 is 5.32 Å². The number of aryl methyl sites for hydroxylation is 1. The molecule has 0 saturated carbocycles. The van der Waals surface area contributed by atoms with Gasteiger partial charge in [0.05, 0.1) is 13.0 Å². The van der Waals surface area contributed by atoms with Gasteiger partial charge in [0.15, 0.2) is 5.76 Å². The first-order valence-corrected chi connectivity index (χ1v) is 11.8. The van der Waals surface area contributed by atoms with Crippen molar-refractivity contribution in [1.29, 1.82) is 0 Å². The Morgan fingerprint density at radius 3 is 2.17 bits per heavy atom. The van der Waals surface area contributed by atoms with Gasteiger partial charge in [-0.2, -0.15) is 0 Å². The van der Waals surface area contributed by atoms with Gasteiger partial charge in [0.2, 0.25) is 0 Å². The van der Waals surface area contributed by atoms with Crippen LogP contribution in [-0.4, -0.2) is 23.8 Å². The summed E-state index contributed by atoms with van der Waals surface area (Å²) in [6, 6.07) is 25.1. The Labute approximate surface area is 210 Å².